The Morgan fingerprint density at radius 3 is 2.30 bits per heavy atom. The minimum absolute atomic E-state index is 0.0239. The topological polar surface area (TPSA) is 74.7 Å². The fraction of sp³-hybridized carbons (Fsp3) is 0.240. The van der Waals surface area contributed by atoms with E-state index in [0.717, 1.165) is 33.0 Å². The van der Waals surface area contributed by atoms with Crippen LogP contribution in [0.4, 0.5) is 0 Å². The van der Waals surface area contributed by atoms with Crippen molar-refractivity contribution in [3.05, 3.63) is 87.9 Å². The maximum Gasteiger partial charge on any atom is 0.318 e. The molecule has 0 heterocycles. The summed E-state index contributed by atoms with van der Waals surface area (Å²) >= 11 is 12.3. The van der Waals surface area contributed by atoms with Crippen molar-refractivity contribution in [3.8, 4) is 11.1 Å². The van der Waals surface area contributed by atoms with Gasteiger partial charge in [0, 0.05) is 10.0 Å². The summed E-state index contributed by atoms with van der Waals surface area (Å²) in [5, 5.41) is 10.5. The zero-order valence-electron chi connectivity index (χ0n) is 18.0. The lowest BCUT2D eigenvalue weighted by molar-refractivity contribution is -0.139. The second-order valence-electron chi connectivity index (χ2n) is 8.35. The first kappa shape index (κ1) is 23.8. The Bertz CT molecular complexity index is 1300. The third kappa shape index (κ3) is 4.66. The molecule has 0 atom stereocenters. The van der Waals surface area contributed by atoms with Crippen LogP contribution in [0.25, 0.3) is 11.1 Å². The van der Waals surface area contributed by atoms with Gasteiger partial charge in [0.2, 0.25) is 10.0 Å². The van der Waals surface area contributed by atoms with Crippen molar-refractivity contribution in [3.63, 3.8) is 0 Å². The molecule has 1 aliphatic carbocycles. The Balaban J connectivity index is 1.84. The van der Waals surface area contributed by atoms with Gasteiger partial charge in [-0.25, -0.2) is 8.42 Å². The Kier molecular flexibility index (Phi) is 6.56. The molecule has 1 fully saturated rings. The molecular weight excluding hydrogens is 481 g/mol. The van der Waals surface area contributed by atoms with E-state index in [1.807, 2.05) is 49.4 Å². The Morgan fingerprint density at radius 1 is 0.970 bits per heavy atom. The van der Waals surface area contributed by atoms with Gasteiger partial charge >= 0.3 is 5.97 Å². The standard InChI is InChI=1S/C25H23Cl2NO4S/c1-17-11-19(14-22(27)12-17)18-5-2-6-20(13-18)25(9-4-10-25)28(16-24(29)30)33(31,32)23-8-3-7-21(26)15-23/h2-3,5-8,11-15H,4,9-10,16H2,1H3,(H,29,30). The number of benzene rings is 3. The molecule has 1 aliphatic rings. The van der Waals surface area contributed by atoms with E-state index in [9.17, 15) is 18.3 Å². The number of hydrogen-bond donors (Lipinski definition) is 1. The van der Waals surface area contributed by atoms with Gasteiger partial charge in [-0.05, 0) is 84.8 Å². The Hall–Kier alpha value is -2.38. The molecule has 3 aromatic carbocycles. The number of nitrogens with zero attached hydrogens (tertiary/aromatic N) is 1. The molecule has 5 nitrogen and oxygen atoms in total. The number of aryl methyl sites for hydroxylation is 1. The molecule has 0 unspecified atom stereocenters. The average molecular weight is 504 g/mol. The number of carboxylic acids is 1. The van der Waals surface area contributed by atoms with E-state index in [1.54, 1.807) is 12.1 Å². The third-order valence-electron chi connectivity index (χ3n) is 6.10. The van der Waals surface area contributed by atoms with Crippen LogP contribution in [0.5, 0.6) is 0 Å². The van der Waals surface area contributed by atoms with Crippen LogP contribution in [0.3, 0.4) is 0 Å². The van der Waals surface area contributed by atoms with Crippen LogP contribution in [0, 0.1) is 6.92 Å². The first-order chi connectivity index (χ1) is 15.6. The fourth-order valence-electron chi connectivity index (χ4n) is 4.43. The summed E-state index contributed by atoms with van der Waals surface area (Å²) in [4.78, 5) is 11.8. The summed E-state index contributed by atoms with van der Waals surface area (Å²) in [5.74, 6) is -1.21. The van der Waals surface area contributed by atoms with Gasteiger partial charge < -0.3 is 5.11 Å². The number of carboxylic acid groups (broad SMARTS) is 1. The van der Waals surface area contributed by atoms with Crippen molar-refractivity contribution in [2.45, 2.75) is 36.6 Å². The van der Waals surface area contributed by atoms with Crippen molar-refractivity contribution in [1.29, 1.82) is 0 Å². The Morgan fingerprint density at radius 2 is 1.70 bits per heavy atom. The minimum Gasteiger partial charge on any atom is -0.480 e. The highest BCUT2D eigenvalue weighted by Crippen LogP contribution is 2.49. The second kappa shape index (κ2) is 9.11. The zero-order chi connectivity index (χ0) is 23.8. The molecule has 0 radical (unpaired) electrons. The summed E-state index contributed by atoms with van der Waals surface area (Å²) in [6.45, 7) is 1.31. The largest absolute Gasteiger partial charge is 0.480 e. The van der Waals surface area contributed by atoms with Crippen molar-refractivity contribution >= 4 is 39.2 Å². The Labute approximate surface area is 203 Å². The fourth-order valence-corrected chi connectivity index (χ4v) is 6.78. The maximum absolute atomic E-state index is 13.7. The van der Waals surface area contributed by atoms with Crippen molar-refractivity contribution in [2.75, 3.05) is 6.54 Å². The predicted octanol–water partition coefficient (Wildman–Crippen LogP) is 6.12. The quantitative estimate of drug-likeness (QED) is 0.421. The normalized spacial score (nSPS) is 15.3. The monoisotopic (exact) mass is 503 g/mol. The molecular formula is C25H23Cl2NO4S. The zero-order valence-corrected chi connectivity index (χ0v) is 20.3. The first-order valence-electron chi connectivity index (χ1n) is 10.5. The molecule has 0 spiro atoms. The molecule has 3 aromatic rings. The summed E-state index contributed by atoms with van der Waals surface area (Å²) in [7, 11) is -4.13. The van der Waals surface area contributed by atoms with E-state index >= 15 is 0 Å². The molecule has 8 heteroatoms. The highest BCUT2D eigenvalue weighted by Gasteiger charge is 2.50. The van der Waals surface area contributed by atoms with E-state index < -0.39 is 28.1 Å². The van der Waals surface area contributed by atoms with E-state index in [-0.39, 0.29) is 9.92 Å². The smallest absolute Gasteiger partial charge is 0.318 e. The van der Waals surface area contributed by atoms with Gasteiger partial charge in [0.1, 0.15) is 6.54 Å². The molecule has 4 rings (SSSR count). The predicted molar refractivity (Wildman–Crippen MR) is 130 cm³/mol. The summed E-state index contributed by atoms with van der Waals surface area (Å²) < 4.78 is 28.5. The lowest BCUT2D eigenvalue weighted by atomic mass is 9.71. The van der Waals surface area contributed by atoms with Gasteiger partial charge in [-0.3, -0.25) is 4.79 Å². The summed E-state index contributed by atoms with van der Waals surface area (Å²) in [5.41, 5.74) is 2.62. The summed E-state index contributed by atoms with van der Waals surface area (Å²) in [6, 6.07) is 19.3. The van der Waals surface area contributed by atoms with Crippen molar-refractivity contribution in [1.82, 2.24) is 4.31 Å². The van der Waals surface area contributed by atoms with Crippen molar-refractivity contribution < 1.29 is 18.3 Å². The van der Waals surface area contributed by atoms with E-state index in [1.165, 1.54) is 12.1 Å². The third-order valence-corrected chi connectivity index (χ3v) is 8.46. The van der Waals surface area contributed by atoms with Gasteiger partial charge in [-0.1, -0.05) is 53.5 Å². The van der Waals surface area contributed by atoms with Crippen LogP contribution < -0.4 is 0 Å². The van der Waals surface area contributed by atoms with Gasteiger partial charge in [-0.2, -0.15) is 4.31 Å². The minimum atomic E-state index is -4.13. The molecule has 172 valence electrons. The van der Waals surface area contributed by atoms with Gasteiger partial charge in [0.25, 0.3) is 0 Å². The molecule has 1 N–H and O–H groups in total. The van der Waals surface area contributed by atoms with E-state index in [0.29, 0.717) is 17.9 Å². The molecule has 0 saturated heterocycles. The number of rotatable bonds is 7. The molecule has 0 bridgehead atoms. The number of sulfonamides is 1. The number of aliphatic carboxylic acids is 1. The van der Waals surface area contributed by atoms with Crippen LogP contribution in [0.2, 0.25) is 10.0 Å². The lowest BCUT2D eigenvalue weighted by Gasteiger charge is -2.49. The highest BCUT2D eigenvalue weighted by atomic mass is 35.5. The molecule has 1 saturated carbocycles. The van der Waals surface area contributed by atoms with Gasteiger partial charge in [0.15, 0.2) is 0 Å². The average Bonchev–Trinajstić information content (AvgIpc) is 2.71. The molecule has 0 aromatic heterocycles. The number of hydrogen-bond acceptors (Lipinski definition) is 3. The molecule has 0 amide bonds. The molecule has 0 aliphatic heterocycles. The maximum atomic E-state index is 13.7. The lowest BCUT2D eigenvalue weighted by Crippen LogP contribution is -2.55. The van der Waals surface area contributed by atoms with E-state index in [2.05, 4.69) is 0 Å². The molecule has 33 heavy (non-hydrogen) atoms. The van der Waals surface area contributed by atoms with Crippen LogP contribution in [-0.4, -0.2) is 30.3 Å². The van der Waals surface area contributed by atoms with Crippen LogP contribution in [0.15, 0.2) is 71.6 Å². The van der Waals surface area contributed by atoms with Gasteiger partial charge in [0.05, 0.1) is 10.4 Å². The van der Waals surface area contributed by atoms with Crippen molar-refractivity contribution in [2.24, 2.45) is 0 Å². The first-order valence-corrected chi connectivity index (χ1v) is 12.7. The van der Waals surface area contributed by atoms with E-state index in [4.69, 9.17) is 23.2 Å². The SMILES string of the molecule is Cc1cc(Cl)cc(-c2cccc(C3(N(CC(=O)O)S(=O)(=O)c4cccc(Cl)c4)CCC3)c2)c1. The van der Waals surface area contributed by atoms with Gasteiger partial charge in [-0.15, -0.1) is 0 Å². The second-order valence-corrected chi connectivity index (χ2v) is 11.1. The highest BCUT2D eigenvalue weighted by molar-refractivity contribution is 7.89. The summed E-state index contributed by atoms with van der Waals surface area (Å²) in [6.07, 6.45) is 1.85. The number of carbonyl (C=O) groups is 1. The van der Waals surface area contributed by atoms with Crippen LogP contribution >= 0.6 is 23.2 Å². The van der Waals surface area contributed by atoms with Crippen LogP contribution in [-0.2, 0) is 20.4 Å². The number of halogens is 2. The van der Waals surface area contributed by atoms with Crippen LogP contribution in [0.1, 0.15) is 30.4 Å².